The van der Waals surface area contributed by atoms with E-state index in [4.69, 9.17) is 0 Å². The largest absolute Gasteiger partial charge is 0.336 e. The van der Waals surface area contributed by atoms with Gasteiger partial charge in [-0.3, -0.25) is 9.69 Å². The smallest absolute Gasteiger partial charge is 0.253 e. The second-order valence-corrected chi connectivity index (χ2v) is 6.28. The normalized spacial score (nSPS) is 16.0. The van der Waals surface area contributed by atoms with Crippen LogP contribution in [0, 0.1) is 0 Å². The minimum absolute atomic E-state index is 0.133. The van der Waals surface area contributed by atoms with Crippen molar-refractivity contribution in [1.82, 2.24) is 19.4 Å². The minimum atomic E-state index is 0.133. The molecule has 23 heavy (non-hydrogen) atoms. The first-order chi connectivity index (χ1) is 11.1. The van der Waals surface area contributed by atoms with Gasteiger partial charge in [0.05, 0.1) is 6.54 Å². The van der Waals surface area contributed by atoms with Gasteiger partial charge in [-0.1, -0.05) is 18.2 Å². The first-order valence-electron chi connectivity index (χ1n) is 8.23. The topological polar surface area (TPSA) is 41.4 Å². The highest BCUT2D eigenvalue weighted by Crippen LogP contribution is 2.13. The second kappa shape index (κ2) is 6.96. The molecule has 0 aliphatic carbocycles. The molecule has 1 amide bonds. The molecular formula is C18H24N4O. The van der Waals surface area contributed by atoms with Gasteiger partial charge in [0.2, 0.25) is 0 Å². The highest BCUT2D eigenvalue weighted by atomic mass is 16.2. The summed E-state index contributed by atoms with van der Waals surface area (Å²) in [5.74, 6) is 1.23. The molecular weight excluding hydrogens is 288 g/mol. The molecule has 1 fully saturated rings. The summed E-state index contributed by atoms with van der Waals surface area (Å²) in [5.41, 5.74) is 0.774. The van der Waals surface area contributed by atoms with Crippen LogP contribution in [0.1, 0.15) is 36.1 Å². The monoisotopic (exact) mass is 312 g/mol. The minimum Gasteiger partial charge on any atom is -0.336 e. The molecule has 3 rings (SSSR count). The number of piperazine rings is 1. The summed E-state index contributed by atoms with van der Waals surface area (Å²) in [7, 11) is 0. The van der Waals surface area contributed by atoms with Crippen molar-refractivity contribution in [2.24, 2.45) is 0 Å². The zero-order valence-corrected chi connectivity index (χ0v) is 13.9. The number of hydrogen-bond acceptors (Lipinski definition) is 3. The van der Waals surface area contributed by atoms with Crippen LogP contribution in [-0.2, 0) is 6.54 Å². The van der Waals surface area contributed by atoms with Gasteiger partial charge in [0.25, 0.3) is 5.91 Å². The lowest BCUT2D eigenvalue weighted by molar-refractivity contribution is 0.0623. The standard InChI is InChI=1S/C18H24N4O/c1-15(2)22-9-8-19-17(22)14-20-10-12-21(13-11-20)18(23)16-6-4-3-5-7-16/h3-9,15H,10-14H2,1-2H3. The summed E-state index contributed by atoms with van der Waals surface area (Å²) in [4.78, 5) is 21.2. The highest BCUT2D eigenvalue weighted by Gasteiger charge is 2.23. The van der Waals surface area contributed by atoms with E-state index in [0.717, 1.165) is 44.1 Å². The Bertz CT molecular complexity index is 642. The maximum atomic E-state index is 12.5. The van der Waals surface area contributed by atoms with Crippen LogP contribution in [0.2, 0.25) is 0 Å². The van der Waals surface area contributed by atoms with Crippen LogP contribution in [-0.4, -0.2) is 51.4 Å². The van der Waals surface area contributed by atoms with Gasteiger partial charge < -0.3 is 9.47 Å². The van der Waals surface area contributed by atoms with Crippen molar-refractivity contribution in [3.63, 3.8) is 0 Å². The summed E-state index contributed by atoms with van der Waals surface area (Å²) in [5, 5.41) is 0. The summed E-state index contributed by atoms with van der Waals surface area (Å²) in [6, 6.07) is 9.95. The van der Waals surface area contributed by atoms with Crippen LogP contribution >= 0.6 is 0 Å². The Hall–Kier alpha value is -2.14. The van der Waals surface area contributed by atoms with E-state index in [0.29, 0.717) is 6.04 Å². The molecule has 122 valence electrons. The molecule has 1 saturated heterocycles. The lowest BCUT2D eigenvalue weighted by Crippen LogP contribution is -2.48. The number of rotatable bonds is 4. The molecule has 1 aromatic heterocycles. The number of carbonyl (C=O) groups is 1. The van der Waals surface area contributed by atoms with Crippen molar-refractivity contribution in [2.45, 2.75) is 26.4 Å². The average molecular weight is 312 g/mol. The zero-order valence-electron chi connectivity index (χ0n) is 13.9. The molecule has 2 heterocycles. The Balaban J connectivity index is 1.56. The van der Waals surface area contributed by atoms with E-state index in [1.54, 1.807) is 0 Å². The van der Waals surface area contributed by atoms with Crippen LogP contribution in [0.15, 0.2) is 42.7 Å². The summed E-state index contributed by atoms with van der Waals surface area (Å²) in [6.07, 6.45) is 3.90. The number of imidazole rings is 1. The molecule has 0 bridgehead atoms. The third-order valence-corrected chi connectivity index (χ3v) is 4.35. The van der Waals surface area contributed by atoms with Crippen LogP contribution in [0.5, 0.6) is 0 Å². The van der Waals surface area contributed by atoms with E-state index in [9.17, 15) is 4.79 Å². The molecule has 5 nitrogen and oxygen atoms in total. The Morgan fingerprint density at radius 3 is 2.48 bits per heavy atom. The Morgan fingerprint density at radius 2 is 1.83 bits per heavy atom. The predicted octanol–water partition coefficient (Wildman–Crippen LogP) is 2.42. The van der Waals surface area contributed by atoms with Gasteiger partial charge in [-0.05, 0) is 26.0 Å². The highest BCUT2D eigenvalue weighted by molar-refractivity contribution is 5.94. The summed E-state index contributed by atoms with van der Waals surface area (Å²) >= 11 is 0. The van der Waals surface area contributed by atoms with E-state index in [1.807, 2.05) is 47.6 Å². The number of hydrogen-bond donors (Lipinski definition) is 0. The number of nitrogens with zero attached hydrogens (tertiary/aromatic N) is 4. The zero-order chi connectivity index (χ0) is 16.2. The number of aromatic nitrogens is 2. The van der Waals surface area contributed by atoms with Gasteiger partial charge >= 0.3 is 0 Å². The van der Waals surface area contributed by atoms with E-state index >= 15 is 0 Å². The van der Waals surface area contributed by atoms with E-state index < -0.39 is 0 Å². The lowest BCUT2D eigenvalue weighted by Gasteiger charge is -2.34. The fraction of sp³-hybridized carbons (Fsp3) is 0.444. The van der Waals surface area contributed by atoms with Gasteiger partial charge in [0.15, 0.2) is 0 Å². The molecule has 0 unspecified atom stereocenters. The predicted molar refractivity (Wildman–Crippen MR) is 90.2 cm³/mol. The van der Waals surface area contributed by atoms with Crippen LogP contribution in [0.3, 0.4) is 0 Å². The van der Waals surface area contributed by atoms with Gasteiger partial charge in [-0.15, -0.1) is 0 Å². The molecule has 0 saturated carbocycles. The van der Waals surface area contributed by atoms with Crippen molar-refractivity contribution in [3.8, 4) is 0 Å². The van der Waals surface area contributed by atoms with E-state index in [2.05, 4.69) is 28.3 Å². The van der Waals surface area contributed by atoms with E-state index in [1.165, 1.54) is 0 Å². The van der Waals surface area contributed by atoms with E-state index in [-0.39, 0.29) is 5.91 Å². The van der Waals surface area contributed by atoms with Crippen LogP contribution < -0.4 is 0 Å². The molecule has 1 aliphatic heterocycles. The summed E-state index contributed by atoms with van der Waals surface area (Å²) in [6.45, 7) is 8.52. The van der Waals surface area contributed by atoms with Crippen molar-refractivity contribution in [3.05, 3.63) is 54.1 Å². The summed E-state index contributed by atoms with van der Waals surface area (Å²) < 4.78 is 2.21. The maximum absolute atomic E-state index is 12.5. The second-order valence-electron chi connectivity index (χ2n) is 6.28. The van der Waals surface area contributed by atoms with Crippen molar-refractivity contribution < 1.29 is 4.79 Å². The maximum Gasteiger partial charge on any atom is 0.253 e. The molecule has 1 aliphatic rings. The van der Waals surface area contributed by atoms with Crippen molar-refractivity contribution >= 4 is 5.91 Å². The lowest BCUT2D eigenvalue weighted by atomic mass is 10.2. The molecule has 5 heteroatoms. The van der Waals surface area contributed by atoms with Gasteiger partial charge in [-0.25, -0.2) is 4.98 Å². The fourth-order valence-corrected chi connectivity index (χ4v) is 3.01. The molecule has 0 atom stereocenters. The Labute approximate surface area is 137 Å². The average Bonchev–Trinajstić information content (AvgIpc) is 3.04. The molecule has 0 spiro atoms. The first-order valence-corrected chi connectivity index (χ1v) is 8.23. The van der Waals surface area contributed by atoms with Crippen LogP contribution in [0.25, 0.3) is 0 Å². The SMILES string of the molecule is CC(C)n1ccnc1CN1CCN(C(=O)c2ccccc2)CC1. The van der Waals surface area contributed by atoms with Crippen molar-refractivity contribution in [1.29, 1.82) is 0 Å². The van der Waals surface area contributed by atoms with Crippen molar-refractivity contribution in [2.75, 3.05) is 26.2 Å². The molecule has 0 N–H and O–H groups in total. The third-order valence-electron chi connectivity index (χ3n) is 4.35. The molecule has 0 radical (unpaired) electrons. The molecule has 1 aromatic carbocycles. The number of carbonyl (C=O) groups excluding carboxylic acids is 1. The van der Waals surface area contributed by atoms with Gasteiger partial charge in [0, 0.05) is 50.2 Å². The fourth-order valence-electron chi connectivity index (χ4n) is 3.01. The quantitative estimate of drug-likeness (QED) is 0.870. The van der Waals surface area contributed by atoms with Gasteiger partial charge in [0.1, 0.15) is 5.82 Å². The number of amides is 1. The third kappa shape index (κ3) is 3.62. The Morgan fingerprint density at radius 1 is 1.13 bits per heavy atom. The molecule has 2 aromatic rings. The number of benzene rings is 1. The van der Waals surface area contributed by atoms with Gasteiger partial charge in [-0.2, -0.15) is 0 Å². The first kappa shape index (κ1) is 15.7. The Kier molecular flexibility index (Phi) is 4.76. The van der Waals surface area contributed by atoms with Crippen LogP contribution in [0.4, 0.5) is 0 Å².